The summed E-state index contributed by atoms with van der Waals surface area (Å²) in [6.07, 6.45) is 2.76. The van der Waals surface area contributed by atoms with Crippen LogP contribution >= 0.6 is 0 Å². The van der Waals surface area contributed by atoms with Gasteiger partial charge in [-0.05, 0) is 62.4 Å². The monoisotopic (exact) mass is 364 g/mol. The highest BCUT2D eigenvalue weighted by molar-refractivity contribution is 5.79. The summed E-state index contributed by atoms with van der Waals surface area (Å²) in [5, 5.41) is 12.8. The Bertz CT molecular complexity index is 581. The topological polar surface area (TPSA) is 61.8 Å². The smallest absolute Gasteiger partial charge is 0.223 e. The van der Waals surface area contributed by atoms with Crippen LogP contribution in [0.5, 0.6) is 0 Å². The van der Waals surface area contributed by atoms with E-state index in [1.807, 2.05) is 0 Å². The fourth-order valence-corrected chi connectivity index (χ4v) is 3.96. The maximum absolute atomic E-state index is 13.2. The highest BCUT2D eigenvalue weighted by Gasteiger charge is 2.37. The second kappa shape index (κ2) is 8.93. The summed E-state index contributed by atoms with van der Waals surface area (Å²) in [5.41, 5.74) is 0.911. The van der Waals surface area contributed by atoms with E-state index in [-0.39, 0.29) is 35.7 Å². The van der Waals surface area contributed by atoms with Gasteiger partial charge in [-0.2, -0.15) is 0 Å². The predicted octanol–water partition coefficient (Wildman–Crippen LogP) is 2.11. The van der Waals surface area contributed by atoms with Crippen LogP contribution in [0.1, 0.15) is 37.3 Å². The second-order valence-corrected chi connectivity index (χ2v) is 7.53. The summed E-state index contributed by atoms with van der Waals surface area (Å²) in [4.78, 5) is 15.1. The van der Waals surface area contributed by atoms with Crippen molar-refractivity contribution in [1.29, 1.82) is 0 Å². The van der Waals surface area contributed by atoms with Crippen molar-refractivity contribution < 1.29 is 19.0 Å². The maximum atomic E-state index is 13.2. The number of likely N-dealkylation sites (tertiary alicyclic amines) is 1. The number of methoxy groups -OCH3 is 1. The quantitative estimate of drug-likeness (QED) is 0.778. The van der Waals surface area contributed by atoms with Crippen molar-refractivity contribution in [2.45, 2.75) is 37.8 Å². The number of nitrogens with one attached hydrogen (secondary N) is 1. The zero-order valence-electron chi connectivity index (χ0n) is 15.4. The third-order valence-corrected chi connectivity index (χ3v) is 5.72. The van der Waals surface area contributed by atoms with Gasteiger partial charge in [0.15, 0.2) is 0 Å². The lowest BCUT2D eigenvalue weighted by atomic mass is 9.75. The first-order valence-corrected chi connectivity index (χ1v) is 9.52. The Kier molecular flexibility index (Phi) is 6.62. The molecule has 1 atom stereocenters. The minimum atomic E-state index is -0.288. The highest BCUT2D eigenvalue weighted by Crippen LogP contribution is 2.38. The number of rotatable bonds is 7. The van der Waals surface area contributed by atoms with Crippen molar-refractivity contribution in [3.63, 3.8) is 0 Å². The molecule has 1 heterocycles. The maximum Gasteiger partial charge on any atom is 0.223 e. The molecule has 1 aliphatic heterocycles. The Balaban J connectivity index is 1.58. The van der Waals surface area contributed by atoms with E-state index in [1.54, 1.807) is 19.2 Å². The first-order valence-electron chi connectivity index (χ1n) is 9.52. The molecule has 1 aromatic rings. The lowest BCUT2D eigenvalue weighted by Crippen LogP contribution is -2.46. The molecule has 144 valence electrons. The highest BCUT2D eigenvalue weighted by atomic mass is 19.1. The summed E-state index contributed by atoms with van der Waals surface area (Å²) in [7, 11) is 1.70. The van der Waals surface area contributed by atoms with Crippen LogP contribution in [0.4, 0.5) is 4.39 Å². The Morgan fingerprint density at radius 1 is 1.31 bits per heavy atom. The van der Waals surface area contributed by atoms with Crippen molar-refractivity contribution in [3.8, 4) is 0 Å². The van der Waals surface area contributed by atoms with Crippen LogP contribution in [0.25, 0.3) is 0 Å². The van der Waals surface area contributed by atoms with Crippen LogP contribution in [-0.2, 0) is 9.53 Å². The van der Waals surface area contributed by atoms with Gasteiger partial charge in [0.2, 0.25) is 5.91 Å². The molecule has 1 aromatic carbocycles. The summed E-state index contributed by atoms with van der Waals surface area (Å²) in [6, 6.07) is 6.17. The fraction of sp³-hybridized carbons (Fsp3) is 0.650. The lowest BCUT2D eigenvalue weighted by Gasteiger charge is -2.39. The van der Waals surface area contributed by atoms with Gasteiger partial charge in [-0.3, -0.25) is 4.79 Å². The number of hydrogen-bond acceptors (Lipinski definition) is 4. The molecule has 1 aliphatic carbocycles. The normalized spacial score (nSPS) is 25.5. The van der Waals surface area contributed by atoms with Gasteiger partial charge in [0.05, 0.1) is 18.8 Å². The third kappa shape index (κ3) is 4.81. The van der Waals surface area contributed by atoms with Crippen molar-refractivity contribution >= 4 is 5.91 Å². The Morgan fingerprint density at radius 2 is 1.96 bits per heavy atom. The standard InChI is InChI=1S/C20H29FN2O3/c1-26-11-10-23-8-6-15(7-9-23)20(25)22-19(16-12-18(24)13-16)14-2-4-17(21)5-3-14/h2-5,15-16,18-19,24H,6-13H2,1H3,(H,22,25)/t16?,18?,19-/m1/s1. The number of carbonyl (C=O) groups excluding carboxylic acids is 1. The van der Waals surface area contributed by atoms with Gasteiger partial charge < -0.3 is 20.1 Å². The molecule has 0 spiro atoms. The van der Waals surface area contributed by atoms with E-state index in [1.165, 1.54) is 12.1 Å². The Morgan fingerprint density at radius 3 is 2.54 bits per heavy atom. The van der Waals surface area contributed by atoms with E-state index in [0.29, 0.717) is 19.4 Å². The van der Waals surface area contributed by atoms with Crippen molar-refractivity contribution in [1.82, 2.24) is 10.2 Å². The van der Waals surface area contributed by atoms with Gasteiger partial charge in [-0.1, -0.05) is 12.1 Å². The molecule has 2 aliphatic rings. The number of benzene rings is 1. The molecule has 5 nitrogen and oxygen atoms in total. The SMILES string of the molecule is COCCN1CCC(C(=O)N[C@H](c2ccc(F)cc2)C2CC(O)C2)CC1. The first-order chi connectivity index (χ1) is 12.6. The van der Waals surface area contributed by atoms with Crippen LogP contribution in [0, 0.1) is 17.7 Å². The first kappa shape index (κ1) is 19.3. The third-order valence-electron chi connectivity index (χ3n) is 5.72. The van der Waals surface area contributed by atoms with Gasteiger partial charge in [0, 0.05) is 19.6 Å². The minimum absolute atomic E-state index is 0.0155. The Labute approximate surface area is 154 Å². The summed E-state index contributed by atoms with van der Waals surface area (Å²) in [5.74, 6) is 0.0194. The van der Waals surface area contributed by atoms with Gasteiger partial charge in [-0.25, -0.2) is 4.39 Å². The molecule has 3 rings (SSSR count). The van der Waals surface area contributed by atoms with E-state index >= 15 is 0 Å². The average molecular weight is 364 g/mol. The van der Waals surface area contributed by atoms with Crippen LogP contribution in [0.15, 0.2) is 24.3 Å². The summed E-state index contributed by atoms with van der Waals surface area (Å²) < 4.78 is 18.4. The number of nitrogens with zero attached hydrogens (tertiary/aromatic N) is 1. The second-order valence-electron chi connectivity index (χ2n) is 7.53. The summed E-state index contributed by atoms with van der Waals surface area (Å²) in [6.45, 7) is 3.44. The van der Waals surface area contributed by atoms with Crippen molar-refractivity contribution in [2.24, 2.45) is 11.8 Å². The number of amides is 1. The molecule has 26 heavy (non-hydrogen) atoms. The van der Waals surface area contributed by atoms with E-state index in [0.717, 1.165) is 38.0 Å². The molecule has 1 saturated carbocycles. The number of hydrogen-bond donors (Lipinski definition) is 2. The molecule has 2 fully saturated rings. The molecule has 0 radical (unpaired) electrons. The number of carbonyl (C=O) groups is 1. The van der Waals surface area contributed by atoms with Gasteiger partial charge in [0.25, 0.3) is 0 Å². The molecule has 1 saturated heterocycles. The zero-order chi connectivity index (χ0) is 18.5. The number of aliphatic hydroxyl groups is 1. The van der Waals surface area contributed by atoms with Crippen LogP contribution < -0.4 is 5.32 Å². The largest absolute Gasteiger partial charge is 0.393 e. The van der Waals surface area contributed by atoms with E-state index in [2.05, 4.69) is 10.2 Å². The van der Waals surface area contributed by atoms with E-state index in [4.69, 9.17) is 4.74 Å². The average Bonchev–Trinajstić information content (AvgIpc) is 2.63. The zero-order valence-corrected chi connectivity index (χ0v) is 15.4. The lowest BCUT2D eigenvalue weighted by molar-refractivity contribution is -0.128. The molecule has 0 unspecified atom stereocenters. The number of ether oxygens (including phenoxy) is 1. The van der Waals surface area contributed by atoms with Gasteiger partial charge >= 0.3 is 0 Å². The molecular formula is C20H29FN2O3. The molecule has 2 N–H and O–H groups in total. The van der Waals surface area contributed by atoms with Crippen LogP contribution in [0.3, 0.4) is 0 Å². The molecule has 0 aromatic heterocycles. The molecule has 6 heteroatoms. The van der Waals surface area contributed by atoms with Crippen LogP contribution in [0.2, 0.25) is 0 Å². The van der Waals surface area contributed by atoms with Crippen molar-refractivity contribution in [2.75, 3.05) is 33.4 Å². The number of aliphatic hydroxyl groups excluding tert-OH is 1. The van der Waals surface area contributed by atoms with Crippen molar-refractivity contribution in [3.05, 3.63) is 35.6 Å². The van der Waals surface area contributed by atoms with Gasteiger partial charge in [-0.15, -0.1) is 0 Å². The minimum Gasteiger partial charge on any atom is -0.393 e. The number of piperidine rings is 1. The van der Waals surface area contributed by atoms with E-state index in [9.17, 15) is 14.3 Å². The van der Waals surface area contributed by atoms with E-state index < -0.39 is 0 Å². The summed E-state index contributed by atoms with van der Waals surface area (Å²) >= 11 is 0. The fourth-order valence-electron chi connectivity index (χ4n) is 3.96. The molecule has 0 bridgehead atoms. The Hall–Kier alpha value is -1.50. The molecule has 1 amide bonds. The van der Waals surface area contributed by atoms with Crippen LogP contribution in [-0.4, -0.2) is 55.4 Å². The number of halogens is 1. The predicted molar refractivity (Wildman–Crippen MR) is 97.1 cm³/mol. The van der Waals surface area contributed by atoms with Gasteiger partial charge in [0.1, 0.15) is 5.82 Å². The molecular weight excluding hydrogens is 335 g/mol.